The van der Waals surface area contributed by atoms with E-state index in [4.69, 9.17) is 4.42 Å². The van der Waals surface area contributed by atoms with Gasteiger partial charge in [0.05, 0.1) is 16.7 Å². The third-order valence-electron chi connectivity index (χ3n) is 4.08. The van der Waals surface area contributed by atoms with Crippen molar-refractivity contribution in [1.82, 2.24) is 34.9 Å². The number of rotatable bonds is 4. The van der Waals surface area contributed by atoms with Crippen molar-refractivity contribution >= 4 is 11.8 Å². The third kappa shape index (κ3) is 4.48. The van der Waals surface area contributed by atoms with Gasteiger partial charge in [-0.15, -0.1) is 15.3 Å². The Morgan fingerprint density at radius 2 is 1.59 bits per heavy atom. The van der Waals surface area contributed by atoms with Crippen LogP contribution in [0.5, 0.6) is 0 Å². The van der Waals surface area contributed by atoms with Crippen LogP contribution in [-0.2, 0) is 12.4 Å². The molecule has 0 spiro atoms. The first kappa shape index (κ1) is 21.1. The van der Waals surface area contributed by atoms with E-state index in [1.807, 2.05) is 0 Å². The summed E-state index contributed by atoms with van der Waals surface area (Å²) in [6, 6.07) is 1.12. The van der Waals surface area contributed by atoms with E-state index in [-0.39, 0.29) is 17.8 Å². The molecular formula is C18H9F6N7O. The zero-order valence-electron chi connectivity index (χ0n) is 15.5. The van der Waals surface area contributed by atoms with Crippen LogP contribution < -0.4 is 0 Å². The molecule has 8 nitrogen and oxygen atoms in total. The molecule has 3 heterocycles. The fraction of sp³-hybridized carbons (Fsp3) is 0.111. The van der Waals surface area contributed by atoms with Gasteiger partial charge in [0.1, 0.15) is 12.7 Å². The molecular weight excluding hydrogens is 444 g/mol. The highest BCUT2D eigenvalue weighted by molar-refractivity contribution is 5.82. The minimum Gasteiger partial charge on any atom is -0.423 e. The fourth-order valence-electron chi connectivity index (χ4n) is 2.67. The van der Waals surface area contributed by atoms with Crippen molar-refractivity contribution in [2.75, 3.05) is 0 Å². The van der Waals surface area contributed by atoms with Crippen LogP contribution in [0.1, 0.15) is 22.6 Å². The van der Waals surface area contributed by atoms with Gasteiger partial charge < -0.3 is 4.42 Å². The van der Waals surface area contributed by atoms with E-state index in [1.54, 1.807) is 0 Å². The van der Waals surface area contributed by atoms with Crippen molar-refractivity contribution in [3.8, 4) is 11.4 Å². The second-order valence-electron chi connectivity index (χ2n) is 6.26. The lowest BCUT2D eigenvalue weighted by molar-refractivity contribution is -0.143. The van der Waals surface area contributed by atoms with Crippen LogP contribution in [-0.4, -0.2) is 34.9 Å². The molecule has 0 aliphatic rings. The molecule has 0 saturated carbocycles. The lowest BCUT2D eigenvalue weighted by Crippen LogP contribution is -2.11. The predicted molar refractivity (Wildman–Crippen MR) is 95.1 cm³/mol. The highest BCUT2D eigenvalue weighted by Crippen LogP contribution is 2.38. The average Bonchev–Trinajstić information content (AvgIpc) is 3.43. The summed E-state index contributed by atoms with van der Waals surface area (Å²) in [7, 11) is 0. The minimum absolute atomic E-state index is 0.0312. The van der Waals surface area contributed by atoms with Gasteiger partial charge in [0.2, 0.25) is 12.3 Å². The van der Waals surface area contributed by atoms with Gasteiger partial charge in [-0.25, -0.2) is 19.6 Å². The highest BCUT2D eigenvalue weighted by Gasteiger charge is 2.37. The van der Waals surface area contributed by atoms with Crippen molar-refractivity contribution in [2.24, 2.45) is 0 Å². The van der Waals surface area contributed by atoms with Crippen LogP contribution in [0.25, 0.3) is 23.2 Å². The van der Waals surface area contributed by atoms with Gasteiger partial charge in [0.25, 0.3) is 0 Å². The van der Waals surface area contributed by atoms with Gasteiger partial charge in [0, 0.05) is 29.7 Å². The van der Waals surface area contributed by atoms with Crippen molar-refractivity contribution in [3.05, 3.63) is 72.2 Å². The number of benzene rings is 1. The molecule has 0 aliphatic heterocycles. The molecule has 164 valence electrons. The van der Waals surface area contributed by atoms with Gasteiger partial charge in [-0.2, -0.15) is 26.3 Å². The van der Waals surface area contributed by atoms with E-state index < -0.39 is 29.0 Å². The number of halogens is 6. The molecule has 4 aromatic rings. The molecule has 0 unspecified atom stereocenters. The van der Waals surface area contributed by atoms with Crippen molar-refractivity contribution in [3.63, 3.8) is 0 Å². The summed E-state index contributed by atoms with van der Waals surface area (Å²) < 4.78 is 84.9. The van der Waals surface area contributed by atoms with Gasteiger partial charge in [0.15, 0.2) is 5.82 Å². The fourth-order valence-corrected chi connectivity index (χ4v) is 2.67. The lowest BCUT2D eigenvalue weighted by Gasteiger charge is -2.13. The van der Waals surface area contributed by atoms with Crippen LogP contribution in [0.2, 0.25) is 0 Å². The summed E-state index contributed by atoms with van der Waals surface area (Å²) in [5, 5.41) is 11.3. The zero-order valence-corrected chi connectivity index (χ0v) is 15.5. The molecule has 0 atom stereocenters. The molecule has 0 radical (unpaired) electrons. The maximum atomic E-state index is 13.1. The first-order chi connectivity index (χ1) is 15.1. The number of aromatic nitrogens is 7. The smallest absolute Gasteiger partial charge is 0.416 e. The Balaban J connectivity index is 1.78. The maximum absolute atomic E-state index is 13.1. The van der Waals surface area contributed by atoms with Crippen molar-refractivity contribution in [1.29, 1.82) is 0 Å². The molecule has 3 aromatic heterocycles. The van der Waals surface area contributed by atoms with Gasteiger partial charge in [-0.05, 0) is 18.2 Å². The molecule has 0 N–H and O–H groups in total. The summed E-state index contributed by atoms with van der Waals surface area (Å²) in [5.74, 6) is -0.303. The standard InChI is InChI=1S/C18H9F6N7O/c19-17(20,21)12-1-10(2-13(3-12)18(22,23)24)15-27-8-31(30-15)6-14(16-29-28-9-32-16)11-4-25-7-26-5-11/h1-9H. The van der Waals surface area contributed by atoms with E-state index in [0.29, 0.717) is 23.3 Å². The number of alkyl halides is 6. The second kappa shape index (κ2) is 7.86. The molecule has 14 heteroatoms. The van der Waals surface area contributed by atoms with E-state index in [1.165, 1.54) is 24.9 Å². The van der Waals surface area contributed by atoms with Crippen molar-refractivity contribution in [2.45, 2.75) is 12.4 Å². The van der Waals surface area contributed by atoms with Crippen LogP contribution in [0.4, 0.5) is 26.3 Å². The zero-order chi connectivity index (χ0) is 22.9. The van der Waals surface area contributed by atoms with Crippen molar-refractivity contribution < 1.29 is 30.8 Å². The monoisotopic (exact) mass is 453 g/mol. The van der Waals surface area contributed by atoms with Crippen LogP contribution in [0, 0.1) is 0 Å². The molecule has 0 amide bonds. The number of nitrogens with zero attached hydrogens (tertiary/aromatic N) is 7. The average molecular weight is 453 g/mol. The molecule has 4 rings (SSSR count). The normalized spacial score (nSPS) is 12.9. The lowest BCUT2D eigenvalue weighted by atomic mass is 10.0. The van der Waals surface area contributed by atoms with Gasteiger partial charge in [-0.1, -0.05) is 0 Å². The van der Waals surface area contributed by atoms with Crippen LogP contribution in [0.3, 0.4) is 0 Å². The Hall–Kier alpha value is -4.10. The summed E-state index contributed by atoms with van der Waals surface area (Å²) in [6.45, 7) is 0. The van der Waals surface area contributed by atoms with E-state index in [0.717, 1.165) is 17.4 Å². The largest absolute Gasteiger partial charge is 0.423 e. The Morgan fingerprint density at radius 1 is 0.938 bits per heavy atom. The van der Waals surface area contributed by atoms with Crippen LogP contribution in [0.15, 0.2) is 54.1 Å². The predicted octanol–water partition coefficient (Wildman–Crippen LogP) is 4.20. The quantitative estimate of drug-likeness (QED) is 0.428. The molecule has 1 aromatic carbocycles. The van der Waals surface area contributed by atoms with E-state index in [2.05, 4.69) is 30.2 Å². The Morgan fingerprint density at radius 3 is 2.16 bits per heavy atom. The Kier molecular flexibility index (Phi) is 5.20. The highest BCUT2D eigenvalue weighted by atomic mass is 19.4. The first-order valence-corrected chi connectivity index (χ1v) is 8.56. The minimum atomic E-state index is -4.99. The summed E-state index contributed by atoms with van der Waals surface area (Å²) in [5.41, 5.74) is -2.67. The molecule has 0 saturated heterocycles. The molecule has 32 heavy (non-hydrogen) atoms. The molecule has 0 bridgehead atoms. The SMILES string of the molecule is FC(F)(F)c1cc(-c2ncn(C=C(c3cncnc3)c3nnco3)n2)cc(C(F)(F)F)c1. The second-order valence-corrected chi connectivity index (χ2v) is 6.26. The van der Waals surface area contributed by atoms with E-state index in [9.17, 15) is 26.3 Å². The molecule has 0 aliphatic carbocycles. The summed E-state index contributed by atoms with van der Waals surface area (Å²) in [6.07, 6.45) is -2.32. The van der Waals surface area contributed by atoms with Gasteiger partial charge >= 0.3 is 12.4 Å². The molecule has 0 fully saturated rings. The third-order valence-corrected chi connectivity index (χ3v) is 4.08. The first-order valence-electron chi connectivity index (χ1n) is 8.56. The topological polar surface area (TPSA) is 95.4 Å². The summed E-state index contributed by atoms with van der Waals surface area (Å²) >= 11 is 0. The van der Waals surface area contributed by atoms with Crippen LogP contribution >= 0.6 is 0 Å². The summed E-state index contributed by atoms with van der Waals surface area (Å²) in [4.78, 5) is 11.6. The number of hydrogen-bond donors (Lipinski definition) is 0. The number of hydrogen-bond acceptors (Lipinski definition) is 7. The Bertz CT molecular complexity index is 1210. The maximum Gasteiger partial charge on any atom is 0.416 e. The van der Waals surface area contributed by atoms with Gasteiger partial charge in [-0.3, -0.25) is 0 Å². The van der Waals surface area contributed by atoms with E-state index >= 15 is 0 Å². The Labute approximate surface area is 174 Å².